The molecule has 0 bridgehead atoms. The molecule has 2 rings (SSSR count). The van der Waals surface area contributed by atoms with Crippen LogP contribution in [0.5, 0.6) is 0 Å². The Hall–Kier alpha value is -0.580. The Labute approximate surface area is 132 Å². The van der Waals surface area contributed by atoms with Gasteiger partial charge in [-0.25, -0.2) is 0 Å². The number of halogens is 2. The number of rotatable bonds is 4. The number of nitrogens with one attached hydrogen (secondary N) is 1. The molecule has 0 amide bonds. The lowest BCUT2D eigenvalue weighted by atomic mass is 10.0. The number of carboxylic acids is 1. The quantitative estimate of drug-likeness (QED) is 0.775. The molecule has 0 spiro atoms. The lowest BCUT2D eigenvalue weighted by molar-refractivity contribution is -0.140. The summed E-state index contributed by atoms with van der Waals surface area (Å²) in [5.41, 5.74) is 0.623. The number of carboxylic acid groups (broad SMARTS) is 1. The molecule has 0 radical (unpaired) electrons. The molecular weight excluding hydrogens is 342 g/mol. The van der Waals surface area contributed by atoms with Crippen molar-refractivity contribution >= 4 is 33.5 Å². The Bertz CT molecular complexity index is 473. The minimum absolute atomic E-state index is 0.258. The molecule has 5 heteroatoms. The molecule has 3 nitrogen and oxygen atoms in total. The van der Waals surface area contributed by atoms with Crippen LogP contribution in [0.1, 0.15) is 50.1 Å². The van der Waals surface area contributed by atoms with Crippen molar-refractivity contribution in [2.24, 2.45) is 0 Å². The zero-order valence-electron chi connectivity index (χ0n) is 11.2. The molecule has 0 saturated heterocycles. The molecule has 2 N–H and O–H groups in total. The van der Waals surface area contributed by atoms with Crippen LogP contribution in [-0.2, 0) is 4.79 Å². The first kappa shape index (κ1) is 15.8. The van der Waals surface area contributed by atoms with Crippen molar-refractivity contribution in [3.05, 3.63) is 33.3 Å². The zero-order valence-corrected chi connectivity index (χ0v) is 13.6. The maximum absolute atomic E-state index is 11.6. The first-order valence-electron chi connectivity index (χ1n) is 7.01. The van der Waals surface area contributed by atoms with Gasteiger partial charge in [0.25, 0.3) is 0 Å². The van der Waals surface area contributed by atoms with Gasteiger partial charge < -0.3 is 5.11 Å². The molecule has 1 aromatic carbocycles. The Morgan fingerprint density at radius 3 is 2.55 bits per heavy atom. The molecule has 0 aliphatic heterocycles. The standard InChI is InChI=1S/C15H19BrClNO2/c16-10-7-8-13(17)12(9-10)14(15(19)20)18-11-5-3-1-2-4-6-11/h7-9,11,14,18H,1-6H2,(H,19,20). The predicted molar refractivity (Wildman–Crippen MR) is 84.2 cm³/mol. The molecule has 110 valence electrons. The number of hydrogen-bond donors (Lipinski definition) is 2. The topological polar surface area (TPSA) is 49.3 Å². The summed E-state index contributed by atoms with van der Waals surface area (Å²) in [5, 5.41) is 13.3. The number of benzene rings is 1. The van der Waals surface area contributed by atoms with Gasteiger partial charge in [0.1, 0.15) is 6.04 Å². The fourth-order valence-corrected chi connectivity index (χ4v) is 3.32. The van der Waals surface area contributed by atoms with Gasteiger partial charge in [-0.2, -0.15) is 0 Å². The van der Waals surface area contributed by atoms with Gasteiger partial charge in [-0.05, 0) is 36.6 Å². The van der Waals surface area contributed by atoms with Crippen molar-refractivity contribution in [3.8, 4) is 0 Å². The van der Waals surface area contributed by atoms with Gasteiger partial charge in [0, 0.05) is 15.5 Å². The number of aliphatic carboxylic acids is 1. The number of hydrogen-bond acceptors (Lipinski definition) is 2. The van der Waals surface area contributed by atoms with Gasteiger partial charge in [0.05, 0.1) is 0 Å². The summed E-state index contributed by atoms with van der Waals surface area (Å²) < 4.78 is 0.839. The maximum Gasteiger partial charge on any atom is 0.325 e. The highest BCUT2D eigenvalue weighted by molar-refractivity contribution is 9.10. The molecule has 1 saturated carbocycles. The van der Waals surface area contributed by atoms with Crippen LogP contribution in [0.15, 0.2) is 22.7 Å². The molecule has 20 heavy (non-hydrogen) atoms. The van der Waals surface area contributed by atoms with E-state index >= 15 is 0 Å². The van der Waals surface area contributed by atoms with Crippen molar-refractivity contribution in [1.29, 1.82) is 0 Å². The van der Waals surface area contributed by atoms with E-state index in [1.165, 1.54) is 12.8 Å². The van der Waals surface area contributed by atoms with Crippen LogP contribution in [0.25, 0.3) is 0 Å². The molecular formula is C15H19BrClNO2. The van der Waals surface area contributed by atoms with Gasteiger partial charge >= 0.3 is 5.97 Å². The van der Waals surface area contributed by atoms with Gasteiger partial charge in [0.15, 0.2) is 0 Å². The fraction of sp³-hybridized carbons (Fsp3) is 0.533. The molecule has 0 aromatic heterocycles. The van der Waals surface area contributed by atoms with Gasteiger partial charge in [0.2, 0.25) is 0 Å². The summed E-state index contributed by atoms with van der Waals surface area (Å²) in [4.78, 5) is 11.6. The molecule has 1 atom stereocenters. The second-order valence-electron chi connectivity index (χ2n) is 5.29. The highest BCUT2D eigenvalue weighted by atomic mass is 79.9. The van der Waals surface area contributed by atoms with E-state index in [4.69, 9.17) is 11.6 Å². The largest absolute Gasteiger partial charge is 0.480 e. The Morgan fingerprint density at radius 2 is 1.95 bits per heavy atom. The minimum atomic E-state index is -0.880. The lowest BCUT2D eigenvalue weighted by Gasteiger charge is -2.23. The smallest absolute Gasteiger partial charge is 0.325 e. The van der Waals surface area contributed by atoms with Gasteiger partial charge in [-0.1, -0.05) is 53.2 Å². The molecule has 1 fully saturated rings. The summed E-state index contributed by atoms with van der Waals surface area (Å²) in [5.74, 6) is -0.880. The minimum Gasteiger partial charge on any atom is -0.480 e. The van der Waals surface area contributed by atoms with E-state index in [0.29, 0.717) is 10.6 Å². The molecule has 1 aliphatic rings. The second kappa shape index (κ2) is 7.43. The summed E-state index contributed by atoms with van der Waals surface area (Å²) >= 11 is 9.53. The van der Waals surface area contributed by atoms with E-state index in [2.05, 4.69) is 21.2 Å². The third-order valence-electron chi connectivity index (χ3n) is 3.77. The van der Waals surface area contributed by atoms with Crippen molar-refractivity contribution in [2.45, 2.75) is 50.6 Å². The van der Waals surface area contributed by atoms with E-state index in [1.807, 2.05) is 6.07 Å². The average Bonchev–Trinajstić information content (AvgIpc) is 2.67. The van der Waals surface area contributed by atoms with Crippen molar-refractivity contribution in [1.82, 2.24) is 5.32 Å². The van der Waals surface area contributed by atoms with Crippen LogP contribution >= 0.6 is 27.5 Å². The summed E-state index contributed by atoms with van der Waals surface area (Å²) in [6, 6.07) is 4.84. The van der Waals surface area contributed by atoms with Crippen LogP contribution in [0.3, 0.4) is 0 Å². The molecule has 0 heterocycles. The Balaban J connectivity index is 2.17. The highest BCUT2D eigenvalue weighted by Crippen LogP contribution is 2.28. The van der Waals surface area contributed by atoms with Crippen LogP contribution in [0, 0.1) is 0 Å². The van der Waals surface area contributed by atoms with E-state index in [-0.39, 0.29) is 6.04 Å². The first-order chi connectivity index (χ1) is 9.58. The molecule has 1 aliphatic carbocycles. The van der Waals surface area contributed by atoms with E-state index in [9.17, 15) is 9.90 Å². The van der Waals surface area contributed by atoms with Crippen LogP contribution in [0.4, 0.5) is 0 Å². The van der Waals surface area contributed by atoms with E-state index in [1.54, 1.807) is 12.1 Å². The Morgan fingerprint density at radius 1 is 1.30 bits per heavy atom. The average molecular weight is 361 g/mol. The van der Waals surface area contributed by atoms with E-state index in [0.717, 1.165) is 30.2 Å². The van der Waals surface area contributed by atoms with Crippen molar-refractivity contribution in [3.63, 3.8) is 0 Å². The lowest BCUT2D eigenvalue weighted by Crippen LogP contribution is -2.37. The van der Waals surface area contributed by atoms with Crippen molar-refractivity contribution in [2.75, 3.05) is 0 Å². The summed E-state index contributed by atoms with van der Waals surface area (Å²) in [6.45, 7) is 0. The third kappa shape index (κ3) is 4.21. The summed E-state index contributed by atoms with van der Waals surface area (Å²) in [6.07, 6.45) is 6.89. The monoisotopic (exact) mass is 359 g/mol. The van der Waals surface area contributed by atoms with Gasteiger partial charge in [-0.15, -0.1) is 0 Å². The normalized spacial score (nSPS) is 18.5. The SMILES string of the molecule is O=C(O)C(NC1CCCCCC1)c1cc(Br)ccc1Cl. The molecule has 1 unspecified atom stereocenters. The first-order valence-corrected chi connectivity index (χ1v) is 8.19. The Kier molecular flexibility index (Phi) is 5.87. The van der Waals surface area contributed by atoms with Crippen molar-refractivity contribution < 1.29 is 9.90 Å². The molecule has 1 aromatic rings. The van der Waals surface area contributed by atoms with Crippen LogP contribution < -0.4 is 5.32 Å². The van der Waals surface area contributed by atoms with Crippen LogP contribution in [0.2, 0.25) is 5.02 Å². The third-order valence-corrected chi connectivity index (χ3v) is 4.61. The maximum atomic E-state index is 11.6. The highest BCUT2D eigenvalue weighted by Gasteiger charge is 2.26. The second-order valence-corrected chi connectivity index (χ2v) is 6.62. The fourth-order valence-electron chi connectivity index (χ4n) is 2.71. The van der Waals surface area contributed by atoms with Gasteiger partial charge in [-0.3, -0.25) is 10.1 Å². The number of carbonyl (C=O) groups is 1. The summed E-state index contributed by atoms with van der Waals surface area (Å²) in [7, 11) is 0. The van der Waals surface area contributed by atoms with Crippen LogP contribution in [-0.4, -0.2) is 17.1 Å². The zero-order chi connectivity index (χ0) is 14.5. The van der Waals surface area contributed by atoms with E-state index < -0.39 is 12.0 Å². The predicted octanol–water partition coefficient (Wildman–Crippen LogP) is 4.54.